The van der Waals surface area contributed by atoms with Gasteiger partial charge >= 0.3 is 0 Å². The van der Waals surface area contributed by atoms with Gasteiger partial charge in [0.25, 0.3) is 0 Å². The number of rotatable bonds is 8. The summed E-state index contributed by atoms with van der Waals surface area (Å²) >= 11 is 0. The highest BCUT2D eigenvalue weighted by atomic mass is 16.7. The van der Waals surface area contributed by atoms with Crippen molar-refractivity contribution in [3.05, 3.63) is 0 Å². The highest BCUT2D eigenvalue weighted by Gasteiger charge is 2.71. The lowest BCUT2D eigenvalue weighted by atomic mass is 9.41. The Kier molecular flexibility index (Phi) is 9.73. The summed E-state index contributed by atoms with van der Waals surface area (Å²) in [5, 5.41) is 77.6. The molecule has 43 heavy (non-hydrogen) atoms. The molecule has 0 radical (unpaired) electrons. The maximum Gasteiger partial charge on any atom is 0.186 e. The summed E-state index contributed by atoms with van der Waals surface area (Å²) in [6, 6.07) is 0. The fraction of sp³-hybridized carbons (Fsp3) is 1.00. The monoisotopic (exact) mass is 614 g/mol. The van der Waals surface area contributed by atoms with Crippen LogP contribution >= 0.6 is 0 Å². The number of hydrogen-bond donors (Lipinski definition) is 7. The van der Waals surface area contributed by atoms with Gasteiger partial charge in [0, 0.05) is 25.4 Å². The van der Waals surface area contributed by atoms with Crippen molar-refractivity contribution in [3.63, 3.8) is 0 Å². The van der Waals surface area contributed by atoms with E-state index in [2.05, 4.69) is 34.6 Å². The van der Waals surface area contributed by atoms with Crippen molar-refractivity contribution in [2.24, 2.45) is 46.3 Å². The van der Waals surface area contributed by atoms with E-state index in [1.165, 1.54) is 7.11 Å². The van der Waals surface area contributed by atoms with Gasteiger partial charge in [-0.1, -0.05) is 34.6 Å². The first-order chi connectivity index (χ1) is 20.1. The number of methoxy groups -OCH3 is 1. The van der Waals surface area contributed by atoms with E-state index < -0.39 is 66.0 Å². The van der Waals surface area contributed by atoms with E-state index in [1.54, 1.807) is 0 Å². The maximum absolute atomic E-state index is 12.5. The van der Waals surface area contributed by atoms with Crippen molar-refractivity contribution in [2.45, 2.75) is 147 Å². The lowest BCUT2D eigenvalue weighted by Gasteiger charge is -2.66. The minimum atomic E-state index is -1.26. The van der Waals surface area contributed by atoms with Crippen molar-refractivity contribution >= 4 is 0 Å². The second kappa shape index (κ2) is 12.3. The van der Waals surface area contributed by atoms with Gasteiger partial charge in [-0.05, 0) is 79.4 Å². The molecule has 250 valence electrons. The molecule has 1 saturated heterocycles. The van der Waals surface area contributed by atoms with Gasteiger partial charge in [0.15, 0.2) is 6.29 Å². The van der Waals surface area contributed by atoms with Gasteiger partial charge in [0.05, 0.1) is 42.7 Å². The summed E-state index contributed by atoms with van der Waals surface area (Å²) < 4.78 is 17.2. The lowest BCUT2D eigenvalue weighted by molar-refractivity contribution is -0.290. The summed E-state index contributed by atoms with van der Waals surface area (Å²) in [7, 11) is 1.45. The second-order valence-corrected chi connectivity index (χ2v) is 15.8. The van der Waals surface area contributed by atoms with Crippen molar-refractivity contribution in [3.8, 4) is 0 Å². The molecule has 0 aromatic heterocycles. The fourth-order valence-electron chi connectivity index (χ4n) is 11.1. The van der Waals surface area contributed by atoms with E-state index in [0.29, 0.717) is 19.3 Å². The van der Waals surface area contributed by atoms with E-state index in [0.717, 1.165) is 25.7 Å². The normalized spacial score (nSPS) is 53.2. The molecule has 5 fully saturated rings. The predicted molar refractivity (Wildman–Crippen MR) is 158 cm³/mol. The molecule has 7 unspecified atom stereocenters. The van der Waals surface area contributed by atoms with Crippen LogP contribution in [-0.4, -0.2) is 110 Å². The van der Waals surface area contributed by atoms with Crippen LogP contribution in [0.15, 0.2) is 0 Å². The van der Waals surface area contributed by atoms with Crippen molar-refractivity contribution in [1.29, 1.82) is 0 Å². The predicted octanol–water partition coefficient (Wildman–Crippen LogP) is 1.58. The molecule has 1 aliphatic heterocycles. The number of hydrogen-bond acceptors (Lipinski definition) is 10. The zero-order chi connectivity index (χ0) is 31.6. The van der Waals surface area contributed by atoms with E-state index in [9.17, 15) is 35.7 Å². The number of fused-ring (bicyclic) bond motifs is 5. The van der Waals surface area contributed by atoms with E-state index in [-0.39, 0.29) is 54.1 Å². The molecule has 4 aliphatic carbocycles. The molecule has 1 heterocycles. The Morgan fingerprint density at radius 1 is 0.837 bits per heavy atom. The zero-order valence-electron chi connectivity index (χ0n) is 26.9. The molecular weight excluding hydrogens is 556 g/mol. The fourth-order valence-corrected chi connectivity index (χ4v) is 11.1. The Morgan fingerprint density at radius 2 is 1.51 bits per heavy atom. The molecule has 0 aromatic rings. The van der Waals surface area contributed by atoms with Crippen LogP contribution in [0.25, 0.3) is 0 Å². The highest BCUT2D eigenvalue weighted by Crippen LogP contribution is 2.69. The number of ether oxygens (including phenoxy) is 3. The standard InChI is InChI=1S/C33H58O10/c1-16(2)23(43-30-27(39)28(41-6)22(37)15-42-30)8-7-17(3)18-13-20(35)29-31(18,4)12-10-24-32(5)11-9-19(34)26(38)25(32)21(36)14-33(24,29)40/h16-30,34-40H,7-15H2,1-6H3/t17-,18-,19+,20+,21+,22?,23+,24?,25?,26+,27?,28?,29?,30?,31-,32-,33+/m1/s1. The molecule has 0 amide bonds. The average Bonchev–Trinajstić information content (AvgIpc) is 3.21. The smallest absolute Gasteiger partial charge is 0.186 e. The van der Waals surface area contributed by atoms with Gasteiger partial charge < -0.3 is 50.0 Å². The number of aliphatic hydroxyl groups is 7. The van der Waals surface area contributed by atoms with Crippen LogP contribution in [0.2, 0.25) is 0 Å². The minimum absolute atomic E-state index is 0.0269. The topological polar surface area (TPSA) is 169 Å². The van der Waals surface area contributed by atoms with Crippen LogP contribution in [0.3, 0.4) is 0 Å². The van der Waals surface area contributed by atoms with Gasteiger partial charge in [-0.3, -0.25) is 0 Å². The van der Waals surface area contributed by atoms with E-state index >= 15 is 0 Å². The third-order valence-electron chi connectivity index (χ3n) is 13.1. The van der Waals surface area contributed by atoms with Crippen LogP contribution in [0.5, 0.6) is 0 Å². The Labute approximate surface area is 256 Å². The average molecular weight is 615 g/mol. The van der Waals surface area contributed by atoms with Gasteiger partial charge in [-0.2, -0.15) is 0 Å². The molecule has 0 spiro atoms. The highest BCUT2D eigenvalue weighted by molar-refractivity contribution is 5.21. The lowest BCUT2D eigenvalue weighted by Crippen LogP contribution is -2.70. The first-order valence-electron chi connectivity index (χ1n) is 16.7. The zero-order valence-corrected chi connectivity index (χ0v) is 26.9. The largest absolute Gasteiger partial charge is 0.393 e. The minimum Gasteiger partial charge on any atom is -0.393 e. The molecule has 17 atom stereocenters. The molecule has 4 saturated carbocycles. The van der Waals surface area contributed by atoms with Crippen LogP contribution in [0.1, 0.15) is 86.0 Å². The van der Waals surface area contributed by atoms with Gasteiger partial charge in [0.1, 0.15) is 18.3 Å². The second-order valence-electron chi connectivity index (χ2n) is 15.8. The van der Waals surface area contributed by atoms with Crippen molar-refractivity contribution < 1.29 is 50.0 Å². The summed E-state index contributed by atoms with van der Waals surface area (Å²) in [5.41, 5.74) is -2.10. The molecule has 7 N–H and O–H groups in total. The van der Waals surface area contributed by atoms with Crippen LogP contribution in [-0.2, 0) is 14.2 Å². The molecule has 10 nitrogen and oxygen atoms in total. The summed E-state index contributed by atoms with van der Waals surface area (Å²) in [5.74, 6) is -0.511. The van der Waals surface area contributed by atoms with Crippen molar-refractivity contribution in [1.82, 2.24) is 0 Å². The Bertz CT molecular complexity index is 966. The number of aliphatic hydroxyl groups excluding tert-OH is 6. The maximum atomic E-state index is 12.5. The third-order valence-corrected chi connectivity index (χ3v) is 13.1. The Hall–Kier alpha value is -0.400. The van der Waals surface area contributed by atoms with E-state index in [4.69, 9.17) is 14.2 Å². The summed E-state index contributed by atoms with van der Waals surface area (Å²) in [6.07, 6.45) is -2.52. The van der Waals surface area contributed by atoms with Gasteiger partial charge in [-0.25, -0.2) is 0 Å². The molecule has 5 rings (SSSR count). The molecular formula is C33H58O10. The quantitative estimate of drug-likeness (QED) is 0.213. The first kappa shape index (κ1) is 33.9. The van der Waals surface area contributed by atoms with Crippen molar-refractivity contribution in [2.75, 3.05) is 13.7 Å². The Morgan fingerprint density at radius 3 is 2.16 bits per heavy atom. The van der Waals surface area contributed by atoms with E-state index in [1.807, 2.05) is 0 Å². The molecule has 5 aliphatic rings. The van der Waals surface area contributed by atoms with Crippen LogP contribution in [0, 0.1) is 46.3 Å². The van der Waals surface area contributed by atoms with Crippen LogP contribution in [0.4, 0.5) is 0 Å². The van der Waals surface area contributed by atoms with Gasteiger partial charge in [-0.15, -0.1) is 0 Å². The summed E-state index contributed by atoms with van der Waals surface area (Å²) in [4.78, 5) is 0. The summed E-state index contributed by atoms with van der Waals surface area (Å²) in [6.45, 7) is 10.7. The Balaban J connectivity index is 1.29. The molecule has 0 aromatic carbocycles. The van der Waals surface area contributed by atoms with Gasteiger partial charge in [0.2, 0.25) is 0 Å². The SMILES string of the molecule is COC1C(O)COC(O[C@@H](CC[C@@H](C)[C@H]2C[C@H](O)C3[C@]4(O)C[C@H](O)C5[C@@H](O)[C@@H](O)CC[C@]5(C)C4CC[C@@]32C)C(C)C)C1O. The third kappa shape index (κ3) is 5.53. The molecule has 10 heteroatoms. The first-order valence-corrected chi connectivity index (χ1v) is 16.7. The van der Waals surface area contributed by atoms with Crippen LogP contribution < -0.4 is 0 Å². The molecule has 0 bridgehead atoms.